The lowest BCUT2D eigenvalue weighted by Crippen LogP contribution is -2.49. The number of hydrogen-bond acceptors (Lipinski definition) is 5. The van der Waals surface area contributed by atoms with Crippen LogP contribution in [-0.4, -0.2) is 56.2 Å². The summed E-state index contributed by atoms with van der Waals surface area (Å²) in [5, 5.41) is 2.85. The van der Waals surface area contributed by atoms with Crippen LogP contribution >= 0.6 is 11.3 Å². The fourth-order valence-electron chi connectivity index (χ4n) is 4.18. The molecule has 1 N–H and O–H groups in total. The summed E-state index contributed by atoms with van der Waals surface area (Å²) in [6.07, 6.45) is 6.24. The van der Waals surface area contributed by atoms with E-state index < -0.39 is 11.6 Å². The van der Waals surface area contributed by atoms with Crippen molar-refractivity contribution in [3.05, 3.63) is 22.5 Å². The molecule has 28 heavy (non-hydrogen) atoms. The van der Waals surface area contributed by atoms with Gasteiger partial charge in [0, 0.05) is 18.1 Å². The maximum absolute atomic E-state index is 12.9. The minimum atomic E-state index is -0.795. The Balaban J connectivity index is 1.46. The smallest absolute Gasteiger partial charge is 0.325 e. The zero-order valence-corrected chi connectivity index (χ0v) is 17.3. The SMILES string of the molecule is Cc1cn2c(CN(C)C(=O)CN3C(=O)NC4(CCCCC4)C3=O)c(C)nc2s1. The van der Waals surface area contributed by atoms with Crippen LogP contribution in [0.25, 0.3) is 4.96 Å². The topological polar surface area (TPSA) is 87.0 Å². The Kier molecular flexibility index (Phi) is 4.65. The number of urea groups is 1. The average molecular weight is 404 g/mol. The van der Waals surface area contributed by atoms with Gasteiger partial charge in [0.15, 0.2) is 4.96 Å². The van der Waals surface area contributed by atoms with E-state index in [0.717, 1.165) is 45.4 Å². The van der Waals surface area contributed by atoms with E-state index in [1.807, 2.05) is 24.4 Å². The summed E-state index contributed by atoms with van der Waals surface area (Å²) >= 11 is 1.60. The molecule has 1 aliphatic heterocycles. The molecule has 0 aromatic carbocycles. The number of nitrogens with zero attached hydrogens (tertiary/aromatic N) is 4. The number of carbonyl (C=O) groups excluding carboxylic acids is 3. The molecule has 1 saturated carbocycles. The molecule has 1 aliphatic carbocycles. The lowest BCUT2D eigenvalue weighted by Gasteiger charge is -2.30. The van der Waals surface area contributed by atoms with E-state index in [4.69, 9.17) is 0 Å². The summed E-state index contributed by atoms with van der Waals surface area (Å²) in [4.78, 5) is 47.2. The number of hydrogen-bond donors (Lipinski definition) is 1. The minimum absolute atomic E-state index is 0.230. The van der Waals surface area contributed by atoms with Crippen molar-refractivity contribution in [1.82, 2.24) is 24.5 Å². The van der Waals surface area contributed by atoms with Gasteiger partial charge in [0.25, 0.3) is 5.91 Å². The first kappa shape index (κ1) is 18.9. The molecule has 4 amide bonds. The molecule has 8 nitrogen and oxygen atoms in total. The van der Waals surface area contributed by atoms with Crippen LogP contribution in [0.4, 0.5) is 4.79 Å². The molecule has 2 aromatic rings. The van der Waals surface area contributed by atoms with Crippen LogP contribution in [-0.2, 0) is 16.1 Å². The molecule has 9 heteroatoms. The molecule has 0 unspecified atom stereocenters. The normalized spacial score (nSPS) is 18.9. The van der Waals surface area contributed by atoms with Crippen molar-refractivity contribution in [2.24, 2.45) is 0 Å². The van der Waals surface area contributed by atoms with Crippen LogP contribution < -0.4 is 5.32 Å². The highest BCUT2D eigenvalue weighted by molar-refractivity contribution is 7.17. The quantitative estimate of drug-likeness (QED) is 0.793. The Labute approximate surface area is 167 Å². The molecule has 0 radical (unpaired) electrons. The predicted octanol–water partition coefficient (Wildman–Crippen LogP) is 2.23. The Morgan fingerprint density at radius 2 is 2.00 bits per heavy atom. The summed E-state index contributed by atoms with van der Waals surface area (Å²) < 4.78 is 2.00. The first-order valence-electron chi connectivity index (χ1n) is 9.63. The Hall–Kier alpha value is -2.42. The zero-order valence-electron chi connectivity index (χ0n) is 16.4. The van der Waals surface area contributed by atoms with Gasteiger partial charge in [-0.05, 0) is 26.7 Å². The van der Waals surface area contributed by atoms with Gasteiger partial charge in [0.2, 0.25) is 5.91 Å². The summed E-state index contributed by atoms with van der Waals surface area (Å²) in [6.45, 7) is 4.09. The highest BCUT2D eigenvalue weighted by Gasteiger charge is 2.51. The third-order valence-corrected chi connectivity index (χ3v) is 6.70. The maximum Gasteiger partial charge on any atom is 0.325 e. The Morgan fingerprint density at radius 3 is 2.71 bits per heavy atom. The molecule has 4 rings (SSSR count). The molecule has 2 aromatic heterocycles. The summed E-state index contributed by atoms with van der Waals surface area (Å²) in [7, 11) is 1.69. The third kappa shape index (κ3) is 3.07. The van der Waals surface area contributed by atoms with Crippen LogP contribution in [0.15, 0.2) is 6.20 Å². The number of fused-ring (bicyclic) bond motifs is 1. The Bertz CT molecular complexity index is 956. The Morgan fingerprint density at radius 1 is 1.29 bits per heavy atom. The van der Waals surface area contributed by atoms with Gasteiger partial charge in [0.1, 0.15) is 12.1 Å². The number of amides is 4. The van der Waals surface area contributed by atoms with Crippen LogP contribution in [0.1, 0.15) is 48.4 Å². The van der Waals surface area contributed by atoms with Crippen LogP contribution in [0, 0.1) is 13.8 Å². The highest BCUT2D eigenvalue weighted by atomic mass is 32.1. The minimum Gasteiger partial charge on any atom is -0.338 e. The van der Waals surface area contributed by atoms with Crippen molar-refractivity contribution < 1.29 is 14.4 Å². The number of imide groups is 1. The largest absolute Gasteiger partial charge is 0.338 e. The van der Waals surface area contributed by atoms with Crippen molar-refractivity contribution in [3.63, 3.8) is 0 Å². The second-order valence-electron chi connectivity index (χ2n) is 7.85. The third-order valence-electron chi connectivity index (χ3n) is 5.80. The lowest BCUT2D eigenvalue weighted by molar-refractivity contribution is -0.139. The van der Waals surface area contributed by atoms with Gasteiger partial charge in [-0.25, -0.2) is 9.78 Å². The highest BCUT2D eigenvalue weighted by Crippen LogP contribution is 2.33. The maximum atomic E-state index is 12.9. The predicted molar refractivity (Wildman–Crippen MR) is 105 cm³/mol. The summed E-state index contributed by atoms with van der Waals surface area (Å²) in [5.74, 6) is -0.520. The number of imidazole rings is 1. The molecule has 0 atom stereocenters. The molecule has 2 fully saturated rings. The molecule has 1 spiro atoms. The van der Waals surface area contributed by atoms with Gasteiger partial charge in [-0.15, -0.1) is 11.3 Å². The standard InChI is InChI=1S/C19H25N5O3S/c1-12-9-23-14(13(2)20-18(23)28-12)10-22(3)15(25)11-24-16(26)19(21-17(24)27)7-5-4-6-8-19/h9H,4-8,10-11H2,1-3H3,(H,21,27). The second kappa shape index (κ2) is 6.88. The molecule has 150 valence electrons. The van der Waals surface area contributed by atoms with Gasteiger partial charge >= 0.3 is 6.03 Å². The number of nitrogens with one attached hydrogen (secondary N) is 1. The van der Waals surface area contributed by atoms with E-state index >= 15 is 0 Å². The number of carbonyl (C=O) groups is 3. The van der Waals surface area contributed by atoms with E-state index in [-0.39, 0.29) is 18.4 Å². The van der Waals surface area contributed by atoms with Gasteiger partial charge in [-0.1, -0.05) is 19.3 Å². The van der Waals surface area contributed by atoms with E-state index in [1.165, 1.54) is 0 Å². The zero-order chi connectivity index (χ0) is 20.1. The van der Waals surface area contributed by atoms with Gasteiger partial charge < -0.3 is 10.2 Å². The van der Waals surface area contributed by atoms with Crippen molar-refractivity contribution in [3.8, 4) is 0 Å². The van der Waals surface area contributed by atoms with E-state index in [9.17, 15) is 14.4 Å². The fraction of sp³-hybridized carbons (Fsp3) is 0.579. The van der Waals surface area contributed by atoms with Crippen LogP contribution in [0.3, 0.4) is 0 Å². The summed E-state index contributed by atoms with van der Waals surface area (Å²) in [5.41, 5.74) is 1.02. The number of aryl methyl sites for hydroxylation is 2. The van der Waals surface area contributed by atoms with E-state index in [0.29, 0.717) is 19.4 Å². The van der Waals surface area contributed by atoms with Crippen LogP contribution in [0.5, 0.6) is 0 Å². The molecule has 2 aliphatic rings. The number of aromatic nitrogens is 2. The monoisotopic (exact) mass is 403 g/mol. The second-order valence-corrected chi connectivity index (χ2v) is 9.07. The lowest BCUT2D eigenvalue weighted by atomic mass is 9.82. The van der Waals surface area contributed by atoms with Crippen molar-refractivity contribution in [2.75, 3.05) is 13.6 Å². The molecular formula is C19H25N5O3S. The number of thiazole rings is 1. The molecule has 1 saturated heterocycles. The van der Waals surface area contributed by atoms with Gasteiger partial charge in [-0.3, -0.25) is 18.9 Å². The molecular weight excluding hydrogens is 378 g/mol. The fourth-order valence-corrected chi connectivity index (χ4v) is 5.07. The molecule has 3 heterocycles. The van der Waals surface area contributed by atoms with Crippen molar-refractivity contribution in [1.29, 1.82) is 0 Å². The molecule has 0 bridgehead atoms. The average Bonchev–Trinajstić information content (AvgIpc) is 3.22. The first-order valence-corrected chi connectivity index (χ1v) is 10.4. The van der Waals surface area contributed by atoms with E-state index in [1.54, 1.807) is 23.3 Å². The van der Waals surface area contributed by atoms with Crippen LogP contribution in [0.2, 0.25) is 0 Å². The van der Waals surface area contributed by atoms with Gasteiger partial charge in [0.05, 0.1) is 17.9 Å². The first-order chi connectivity index (χ1) is 13.3. The summed E-state index contributed by atoms with van der Waals surface area (Å²) in [6, 6.07) is -0.454. The number of rotatable bonds is 4. The van der Waals surface area contributed by atoms with E-state index in [2.05, 4.69) is 10.3 Å². The van der Waals surface area contributed by atoms with Gasteiger partial charge in [-0.2, -0.15) is 0 Å². The van der Waals surface area contributed by atoms with Crippen molar-refractivity contribution in [2.45, 2.75) is 58.0 Å². The van der Waals surface area contributed by atoms with Crippen molar-refractivity contribution >= 4 is 34.1 Å². The number of likely N-dealkylation sites (N-methyl/N-ethyl adjacent to an activating group) is 1.